The third kappa shape index (κ3) is 1.23. The molecule has 1 aromatic heterocycles. The molecule has 1 fully saturated rings. The topological polar surface area (TPSA) is 42.0 Å². The van der Waals surface area contributed by atoms with Crippen molar-refractivity contribution in [3.8, 4) is 0 Å². The summed E-state index contributed by atoms with van der Waals surface area (Å²) < 4.78 is 0. The molecule has 3 heteroatoms. The van der Waals surface area contributed by atoms with Crippen molar-refractivity contribution in [3.05, 3.63) is 29.6 Å². The molecule has 0 aromatic carbocycles. The maximum atomic E-state index is 10.3. The summed E-state index contributed by atoms with van der Waals surface area (Å²) in [5.41, 5.74) is 1.67. The van der Waals surface area contributed by atoms with Crippen LogP contribution in [-0.4, -0.2) is 17.8 Å². The van der Waals surface area contributed by atoms with Gasteiger partial charge in [0.1, 0.15) is 5.69 Å². The number of aromatic nitrogens is 1. The van der Waals surface area contributed by atoms with Gasteiger partial charge in [0.15, 0.2) is 6.29 Å². The molecule has 1 aromatic rings. The highest BCUT2D eigenvalue weighted by atomic mass is 16.1. The first-order chi connectivity index (χ1) is 5.90. The van der Waals surface area contributed by atoms with Crippen molar-refractivity contribution in [2.75, 3.05) is 6.54 Å². The maximum absolute atomic E-state index is 10.3. The van der Waals surface area contributed by atoms with Gasteiger partial charge in [0, 0.05) is 12.2 Å². The molecule has 2 rings (SSSR count). The average Bonchev–Trinajstić information content (AvgIpc) is 2.03. The Hall–Kier alpha value is -1.22. The third-order valence-electron chi connectivity index (χ3n) is 2.16. The number of rotatable bonds is 2. The van der Waals surface area contributed by atoms with Gasteiger partial charge in [-0.05, 0) is 24.6 Å². The van der Waals surface area contributed by atoms with Crippen LogP contribution in [0.5, 0.6) is 0 Å². The van der Waals surface area contributed by atoms with Crippen LogP contribution in [0.2, 0.25) is 0 Å². The first kappa shape index (κ1) is 7.43. The standard InChI is InChI=1S/C9H10N2O/c12-6-8-2-1-7(5-11-8)9-3-4-10-9/h1-2,5-6,9-10H,3-4H2/t9-/m0/s1. The SMILES string of the molecule is O=Cc1ccc([C@@H]2CCN2)cn1. The van der Waals surface area contributed by atoms with E-state index < -0.39 is 0 Å². The molecule has 3 nitrogen and oxygen atoms in total. The van der Waals surface area contributed by atoms with Gasteiger partial charge in [-0.2, -0.15) is 0 Å². The number of carbonyl (C=O) groups is 1. The summed E-state index contributed by atoms with van der Waals surface area (Å²) in [7, 11) is 0. The van der Waals surface area contributed by atoms with E-state index in [9.17, 15) is 4.79 Å². The van der Waals surface area contributed by atoms with Gasteiger partial charge in [-0.15, -0.1) is 0 Å². The minimum Gasteiger partial charge on any atom is -0.310 e. The van der Waals surface area contributed by atoms with E-state index >= 15 is 0 Å². The predicted molar refractivity (Wildman–Crippen MR) is 45.0 cm³/mol. The van der Waals surface area contributed by atoms with Crippen LogP contribution in [0, 0.1) is 0 Å². The number of hydrogen-bond donors (Lipinski definition) is 1. The summed E-state index contributed by atoms with van der Waals surface area (Å²) in [4.78, 5) is 14.3. The second-order valence-corrected chi connectivity index (χ2v) is 2.93. The summed E-state index contributed by atoms with van der Waals surface area (Å²) >= 11 is 0. The molecule has 0 aliphatic carbocycles. The molecule has 0 unspecified atom stereocenters. The molecule has 1 atom stereocenters. The van der Waals surface area contributed by atoms with Crippen molar-refractivity contribution in [1.82, 2.24) is 10.3 Å². The van der Waals surface area contributed by atoms with E-state index in [-0.39, 0.29) is 0 Å². The molecule has 0 radical (unpaired) electrons. The summed E-state index contributed by atoms with van der Waals surface area (Å²) in [5, 5.41) is 3.27. The van der Waals surface area contributed by atoms with Crippen molar-refractivity contribution in [2.24, 2.45) is 0 Å². The minimum absolute atomic E-state index is 0.457. The molecule has 0 spiro atoms. The Morgan fingerprint density at radius 2 is 2.42 bits per heavy atom. The fourth-order valence-electron chi connectivity index (χ4n) is 1.27. The lowest BCUT2D eigenvalue weighted by Crippen LogP contribution is -2.34. The van der Waals surface area contributed by atoms with E-state index in [1.807, 2.05) is 6.07 Å². The monoisotopic (exact) mass is 162 g/mol. The molecular formula is C9H10N2O. The first-order valence-corrected chi connectivity index (χ1v) is 4.04. The molecule has 0 bridgehead atoms. The zero-order chi connectivity index (χ0) is 8.39. The van der Waals surface area contributed by atoms with Crippen LogP contribution in [-0.2, 0) is 0 Å². The predicted octanol–water partition coefficient (Wildman–Crippen LogP) is 0.928. The molecule has 1 N–H and O–H groups in total. The molecule has 1 aliphatic rings. The fourth-order valence-corrected chi connectivity index (χ4v) is 1.27. The molecule has 1 aliphatic heterocycles. The zero-order valence-electron chi connectivity index (χ0n) is 6.66. The van der Waals surface area contributed by atoms with Gasteiger partial charge in [0.05, 0.1) is 0 Å². The van der Waals surface area contributed by atoms with Gasteiger partial charge in [0.2, 0.25) is 0 Å². The number of hydrogen-bond acceptors (Lipinski definition) is 3. The van der Waals surface area contributed by atoms with Crippen LogP contribution < -0.4 is 5.32 Å². The van der Waals surface area contributed by atoms with Crippen LogP contribution >= 0.6 is 0 Å². The van der Waals surface area contributed by atoms with Crippen LogP contribution in [0.4, 0.5) is 0 Å². The van der Waals surface area contributed by atoms with Crippen LogP contribution in [0.25, 0.3) is 0 Å². The zero-order valence-corrected chi connectivity index (χ0v) is 6.66. The highest BCUT2D eigenvalue weighted by molar-refractivity contribution is 5.71. The maximum Gasteiger partial charge on any atom is 0.168 e. The van der Waals surface area contributed by atoms with E-state index in [2.05, 4.69) is 10.3 Å². The second kappa shape index (κ2) is 3.03. The quantitative estimate of drug-likeness (QED) is 0.658. The van der Waals surface area contributed by atoms with E-state index in [1.165, 1.54) is 12.0 Å². The summed E-state index contributed by atoms with van der Waals surface area (Å²) in [6.07, 6.45) is 3.70. The largest absolute Gasteiger partial charge is 0.310 e. The summed E-state index contributed by atoms with van der Waals surface area (Å²) in [6, 6.07) is 4.16. The smallest absolute Gasteiger partial charge is 0.168 e. The number of pyridine rings is 1. The molecule has 1 saturated heterocycles. The molecule has 0 amide bonds. The summed E-state index contributed by atoms with van der Waals surface area (Å²) in [6.45, 7) is 1.08. The fraction of sp³-hybridized carbons (Fsp3) is 0.333. The second-order valence-electron chi connectivity index (χ2n) is 2.93. The lowest BCUT2D eigenvalue weighted by molar-refractivity contribution is 0.111. The lowest BCUT2D eigenvalue weighted by Gasteiger charge is -2.27. The molecule has 12 heavy (non-hydrogen) atoms. The third-order valence-corrected chi connectivity index (χ3v) is 2.16. The van der Waals surface area contributed by atoms with Crippen LogP contribution in [0.1, 0.15) is 28.5 Å². The number of nitrogens with one attached hydrogen (secondary N) is 1. The molecule has 62 valence electrons. The Bertz CT molecular complexity index is 277. The van der Waals surface area contributed by atoms with Crippen molar-refractivity contribution < 1.29 is 4.79 Å². The molecule has 0 saturated carbocycles. The Labute approximate surface area is 70.8 Å². The van der Waals surface area contributed by atoms with Crippen molar-refractivity contribution >= 4 is 6.29 Å². The van der Waals surface area contributed by atoms with E-state index in [0.717, 1.165) is 12.8 Å². The van der Waals surface area contributed by atoms with Gasteiger partial charge < -0.3 is 5.32 Å². The van der Waals surface area contributed by atoms with E-state index in [1.54, 1.807) is 12.3 Å². The summed E-state index contributed by atoms with van der Waals surface area (Å²) in [5.74, 6) is 0. The van der Waals surface area contributed by atoms with Gasteiger partial charge in [-0.3, -0.25) is 9.78 Å². The van der Waals surface area contributed by atoms with Crippen molar-refractivity contribution in [1.29, 1.82) is 0 Å². The highest BCUT2D eigenvalue weighted by Gasteiger charge is 2.17. The number of nitrogens with zero attached hydrogens (tertiary/aromatic N) is 1. The van der Waals surface area contributed by atoms with E-state index in [4.69, 9.17) is 0 Å². The minimum atomic E-state index is 0.457. The van der Waals surface area contributed by atoms with Gasteiger partial charge >= 0.3 is 0 Å². The normalized spacial score (nSPS) is 21.5. The number of aldehydes is 1. The van der Waals surface area contributed by atoms with Gasteiger partial charge in [-0.25, -0.2) is 0 Å². The van der Waals surface area contributed by atoms with E-state index in [0.29, 0.717) is 11.7 Å². The molecule has 2 heterocycles. The van der Waals surface area contributed by atoms with Crippen molar-refractivity contribution in [3.63, 3.8) is 0 Å². The van der Waals surface area contributed by atoms with Gasteiger partial charge in [0.25, 0.3) is 0 Å². The first-order valence-electron chi connectivity index (χ1n) is 4.04. The van der Waals surface area contributed by atoms with Crippen molar-refractivity contribution in [2.45, 2.75) is 12.5 Å². The number of carbonyl (C=O) groups excluding carboxylic acids is 1. The van der Waals surface area contributed by atoms with Crippen LogP contribution in [0.15, 0.2) is 18.3 Å². The average molecular weight is 162 g/mol. The van der Waals surface area contributed by atoms with Crippen LogP contribution in [0.3, 0.4) is 0 Å². The Morgan fingerprint density at radius 3 is 2.83 bits per heavy atom. The highest BCUT2D eigenvalue weighted by Crippen LogP contribution is 2.21. The lowest BCUT2D eigenvalue weighted by atomic mass is 10.00. The Balaban J connectivity index is 2.18. The van der Waals surface area contributed by atoms with Gasteiger partial charge in [-0.1, -0.05) is 6.07 Å². The Kier molecular flexibility index (Phi) is 1.87. The molecular weight excluding hydrogens is 152 g/mol. The Morgan fingerprint density at radius 1 is 1.58 bits per heavy atom.